The highest BCUT2D eigenvalue weighted by Crippen LogP contribution is 2.52. The van der Waals surface area contributed by atoms with Crippen LogP contribution in [0.5, 0.6) is 5.75 Å². The summed E-state index contributed by atoms with van der Waals surface area (Å²) in [4.78, 5) is 13.4. The van der Waals surface area contributed by atoms with Gasteiger partial charge in [-0.3, -0.25) is 10.1 Å². The van der Waals surface area contributed by atoms with Crippen LogP contribution in [0.3, 0.4) is 0 Å². The third-order valence-electron chi connectivity index (χ3n) is 5.83. The first-order valence-corrected chi connectivity index (χ1v) is 11.9. The van der Waals surface area contributed by atoms with Crippen molar-refractivity contribution in [1.82, 2.24) is 10.3 Å². The van der Waals surface area contributed by atoms with Gasteiger partial charge in [0.1, 0.15) is 5.75 Å². The lowest BCUT2D eigenvalue weighted by Crippen LogP contribution is -2.61. The van der Waals surface area contributed by atoms with Crippen molar-refractivity contribution in [2.45, 2.75) is 18.3 Å². The fourth-order valence-corrected chi connectivity index (χ4v) is 5.74. The molecular weight excluding hydrogens is 486 g/mol. The summed E-state index contributed by atoms with van der Waals surface area (Å²) in [6.07, 6.45) is 2.73. The van der Waals surface area contributed by atoms with Gasteiger partial charge in [-0.15, -0.1) is 0 Å². The SMILES string of the molecule is O=C1N[C@]2(Oc3ccccc3[C@@H]3CC(c4ccccc4)=NN32)/C(=C/c2cccc(Br)c2)S1. The fourth-order valence-electron chi connectivity index (χ4n) is 4.42. The van der Waals surface area contributed by atoms with Gasteiger partial charge in [-0.1, -0.05) is 76.6 Å². The predicted molar refractivity (Wildman–Crippen MR) is 130 cm³/mol. The zero-order valence-electron chi connectivity index (χ0n) is 16.9. The van der Waals surface area contributed by atoms with Gasteiger partial charge >= 0.3 is 5.85 Å². The molecule has 0 unspecified atom stereocenters. The van der Waals surface area contributed by atoms with Crippen LogP contribution in [0.2, 0.25) is 0 Å². The van der Waals surface area contributed by atoms with Crippen molar-refractivity contribution in [1.29, 1.82) is 0 Å². The lowest BCUT2D eigenvalue weighted by Gasteiger charge is -2.45. The minimum absolute atomic E-state index is 0.0416. The van der Waals surface area contributed by atoms with Crippen molar-refractivity contribution < 1.29 is 9.53 Å². The topological polar surface area (TPSA) is 53.9 Å². The minimum Gasteiger partial charge on any atom is -0.444 e. The molecule has 3 aliphatic heterocycles. The summed E-state index contributed by atoms with van der Waals surface area (Å²) in [5.74, 6) is -0.416. The molecular formula is C25H18BrN3O2S. The van der Waals surface area contributed by atoms with Crippen LogP contribution < -0.4 is 10.1 Å². The number of hydrogen-bond acceptors (Lipinski definition) is 5. The second kappa shape index (κ2) is 7.53. The number of benzene rings is 3. The standard InChI is InChI=1S/C25H18BrN3O2S/c26-18-10-6-7-16(13-18)14-23-25(27-24(30)32-23)29-21(19-11-4-5-12-22(19)31-25)15-20(28-29)17-8-2-1-3-9-17/h1-14,21H,15H2,(H,27,30)/b23-14-/t21-,25+/m0/s1. The van der Waals surface area contributed by atoms with Crippen LogP contribution in [0.25, 0.3) is 6.08 Å². The zero-order chi connectivity index (χ0) is 21.7. The van der Waals surface area contributed by atoms with Crippen molar-refractivity contribution in [2.24, 2.45) is 5.10 Å². The lowest BCUT2D eigenvalue weighted by molar-refractivity contribution is -0.0949. The summed E-state index contributed by atoms with van der Waals surface area (Å²) in [7, 11) is 0. The van der Waals surface area contributed by atoms with Gasteiger partial charge in [0, 0.05) is 16.5 Å². The Labute approximate surface area is 198 Å². The molecule has 0 bridgehead atoms. The number of hydrogen-bond donors (Lipinski definition) is 1. The Balaban J connectivity index is 1.52. The summed E-state index contributed by atoms with van der Waals surface area (Å²) in [5.41, 5.74) is 4.09. The van der Waals surface area contributed by atoms with E-state index in [0.29, 0.717) is 0 Å². The van der Waals surface area contributed by atoms with E-state index in [1.54, 1.807) is 0 Å². The molecule has 3 aromatic carbocycles. The van der Waals surface area contributed by atoms with Crippen LogP contribution in [0.1, 0.15) is 29.2 Å². The lowest BCUT2D eigenvalue weighted by atomic mass is 9.95. The molecule has 0 radical (unpaired) electrons. The maximum Gasteiger partial charge on any atom is 0.314 e. The zero-order valence-corrected chi connectivity index (χ0v) is 19.3. The number of fused-ring (bicyclic) bond motifs is 4. The van der Waals surface area contributed by atoms with Crippen LogP contribution in [0.4, 0.5) is 4.79 Å². The number of rotatable bonds is 2. The summed E-state index contributed by atoms with van der Waals surface area (Å²) in [6.45, 7) is 0. The van der Waals surface area contributed by atoms with Gasteiger partial charge in [0.05, 0.1) is 16.7 Å². The summed E-state index contributed by atoms with van der Waals surface area (Å²) >= 11 is 4.68. The first-order chi connectivity index (χ1) is 15.6. The van der Waals surface area contributed by atoms with Gasteiger partial charge in [-0.05, 0) is 47.2 Å². The van der Waals surface area contributed by atoms with Crippen LogP contribution in [0, 0.1) is 0 Å². The molecule has 5 nitrogen and oxygen atoms in total. The molecule has 6 rings (SSSR count). The first kappa shape index (κ1) is 19.6. The van der Waals surface area contributed by atoms with Gasteiger partial charge in [0.2, 0.25) is 0 Å². The molecule has 3 heterocycles. The van der Waals surface area contributed by atoms with Gasteiger partial charge in [0.25, 0.3) is 5.24 Å². The molecule has 0 aromatic heterocycles. The van der Waals surface area contributed by atoms with Crippen LogP contribution in [0.15, 0.2) is 93.3 Å². The van der Waals surface area contributed by atoms with Crippen LogP contribution in [-0.4, -0.2) is 21.8 Å². The number of ether oxygens (including phenoxy) is 1. The smallest absolute Gasteiger partial charge is 0.314 e. The number of halogens is 1. The number of nitrogens with one attached hydrogen (secondary N) is 1. The Morgan fingerprint density at radius 1 is 1.09 bits per heavy atom. The molecule has 1 N–H and O–H groups in total. The highest BCUT2D eigenvalue weighted by Gasteiger charge is 2.58. The number of hydrazone groups is 1. The van der Waals surface area contributed by atoms with Gasteiger partial charge in [-0.25, -0.2) is 5.01 Å². The molecule has 1 amide bonds. The second-order valence-corrected chi connectivity index (χ2v) is 9.77. The van der Waals surface area contributed by atoms with E-state index in [4.69, 9.17) is 9.84 Å². The molecule has 158 valence electrons. The molecule has 7 heteroatoms. The van der Waals surface area contributed by atoms with E-state index in [2.05, 4.69) is 39.4 Å². The van der Waals surface area contributed by atoms with E-state index in [1.165, 1.54) is 0 Å². The molecule has 1 fully saturated rings. The van der Waals surface area contributed by atoms with Crippen molar-refractivity contribution in [2.75, 3.05) is 0 Å². The Morgan fingerprint density at radius 3 is 2.75 bits per heavy atom. The largest absolute Gasteiger partial charge is 0.444 e. The third kappa shape index (κ3) is 3.15. The average molecular weight is 504 g/mol. The van der Waals surface area contributed by atoms with E-state index in [0.717, 1.165) is 55.7 Å². The molecule has 32 heavy (non-hydrogen) atoms. The normalized spacial score (nSPS) is 24.7. The summed E-state index contributed by atoms with van der Waals surface area (Å²) in [6, 6.07) is 26.1. The Bertz CT molecular complexity index is 1290. The molecule has 0 aliphatic carbocycles. The van der Waals surface area contributed by atoms with Crippen LogP contribution in [-0.2, 0) is 0 Å². The minimum atomic E-state index is -1.18. The molecule has 3 aliphatic rings. The fraction of sp³-hybridized carbons (Fsp3) is 0.120. The van der Waals surface area contributed by atoms with E-state index in [1.807, 2.05) is 71.7 Å². The number of para-hydroxylation sites is 1. The van der Waals surface area contributed by atoms with E-state index in [-0.39, 0.29) is 11.3 Å². The molecule has 1 spiro atoms. The average Bonchev–Trinajstić information content (AvgIpc) is 3.38. The second-order valence-electron chi connectivity index (χ2n) is 7.84. The Kier molecular flexibility index (Phi) is 4.62. The monoisotopic (exact) mass is 503 g/mol. The van der Waals surface area contributed by atoms with Gasteiger partial charge in [0.15, 0.2) is 0 Å². The van der Waals surface area contributed by atoms with E-state index < -0.39 is 5.85 Å². The Morgan fingerprint density at radius 2 is 1.91 bits per heavy atom. The number of nitrogens with zero attached hydrogens (tertiary/aromatic N) is 2. The number of carbonyl (C=O) groups is 1. The molecule has 1 saturated heterocycles. The first-order valence-electron chi connectivity index (χ1n) is 10.3. The molecule has 2 atom stereocenters. The van der Waals surface area contributed by atoms with Crippen molar-refractivity contribution in [3.63, 3.8) is 0 Å². The molecule has 0 saturated carbocycles. The maximum atomic E-state index is 12.7. The number of amides is 1. The van der Waals surface area contributed by atoms with Gasteiger partial charge in [-0.2, -0.15) is 5.10 Å². The quantitative estimate of drug-likeness (QED) is 0.455. The van der Waals surface area contributed by atoms with E-state index in [9.17, 15) is 4.79 Å². The summed E-state index contributed by atoms with van der Waals surface area (Å²) in [5, 5.41) is 9.85. The summed E-state index contributed by atoms with van der Waals surface area (Å²) < 4.78 is 7.52. The van der Waals surface area contributed by atoms with Gasteiger partial charge < -0.3 is 4.74 Å². The molecule has 3 aromatic rings. The predicted octanol–water partition coefficient (Wildman–Crippen LogP) is 6.14. The maximum absolute atomic E-state index is 12.7. The highest BCUT2D eigenvalue weighted by molar-refractivity contribution is 9.10. The Hall–Kier alpha value is -3.03. The number of carbonyl (C=O) groups excluding carboxylic acids is 1. The van der Waals surface area contributed by atoms with E-state index >= 15 is 0 Å². The third-order valence-corrected chi connectivity index (χ3v) is 7.23. The van der Waals surface area contributed by atoms with Crippen molar-refractivity contribution in [3.05, 3.63) is 105 Å². The van der Waals surface area contributed by atoms with Crippen LogP contribution >= 0.6 is 27.7 Å². The van der Waals surface area contributed by atoms with Crippen molar-refractivity contribution >= 4 is 44.7 Å². The number of thioether (sulfide) groups is 1. The highest BCUT2D eigenvalue weighted by atomic mass is 79.9. The van der Waals surface area contributed by atoms with Crippen molar-refractivity contribution in [3.8, 4) is 5.75 Å².